The van der Waals surface area contributed by atoms with E-state index in [-0.39, 0.29) is 11.8 Å². The Labute approximate surface area is 142 Å². The molecule has 0 unspecified atom stereocenters. The summed E-state index contributed by atoms with van der Waals surface area (Å²) < 4.78 is 0. The van der Waals surface area contributed by atoms with Crippen LogP contribution in [0.25, 0.3) is 11.6 Å². The van der Waals surface area contributed by atoms with Gasteiger partial charge in [0.15, 0.2) is 0 Å². The van der Waals surface area contributed by atoms with Gasteiger partial charge in [0.1, 0.15) is 5.00 Å². The Morgan fingerprint density at radius 1 is 1.12 bits per heavy atom. The highest BCUT2D eigenvalue weighted by Crippen LogP contribution is 2.40. The first-order valence-corrected chi connectivity index (χ1v) is 8.19. The lowest BCUT2D eigenvalue weighted by Gasteiger charge is -2.02. The summed E-state index contributed by atoms with van der Waals surface area (Å²) in [6.07, 6.45) is 3.58. The van der Waals surface area contributed by atoms with Crippen LogP contribution < -0.4 is 10.6 Å². The zero-order valence-electron chi connectivity index (χ0n) is 12.5. The fourth-order valence-corrected chi connectivity index (χ4v) is 3.50. The van der Waals surface area contributed by atoms with E-state index in [1.807, 2.05) is 42.5 Å². The van der Waals surface area contributed by atoms with Crippen LogP contribution in [0.4, 0.5) is 10.7 Å². The predicted octanol–water partition coefficient (Wildman–Crippen LogP) is 3.82. The third-order valence-electron chi connectivity index (χ3n) is 3.67. The Kier molecular flexibility index (Phi) is 3.51. The molecule has 5 nitrogen and oxygen atoms in total. The first-order valence-electron chi connectivity index (χ1n) is 7.38. The molecule has 0 saturated heterocycles. The van der Waals surface area contributed by atoms with Crippen molar-refractivity contribution >= 4 is 45.5 Å². The number of para-hydroxylation sites is 1. The SMILES string of the molecule is O=C1Nc2sc(C(=O)Nc3ccccc3)cc2/C1=C\c1ccc[nH]1. The molecule has 1 aliphatic heterocycles. The van der Waals surface area contributed by atoms with Crippen LogP contribution in [0.2, 0.25) is 0 Å². The van der Waals surface area contributed by atoms with E-state index in [0.29, 0.717) is 15.5 Å². The zero-order valence-corrected chi connectivity index (χ0v) is 13.3. The molecule has 3 N–H and O–H groups in total. The van der Waals surface area contributed by atoms with Crippen LogP contribution >= 0.6 is 11.3 Å². The van der Waals surface area contributed by atoms with Gasteiger partial charge >= 0.3 is 0 Å². The smallest absolute Gasteiger partial charge is 0.265 e. The van der Waals surface area contributed by atoms with Crippen LogP contribution in [0.5, 0.6) is 0 Å². The van der Waals surface area contributed by atoms with Crippen LogP contribution in [-0.4, -0.2) is 16.8 Å². The molecule has 0 spiro atoms. The number of benzene rings is 1. The number of aromatic amines is 1. The van der Waals surface area contributed by atoms with Crippen molar-refractivity contribution in [2.24, 2.45) is 0 Å². The van der Waals surface area contributed by atoms with Crippen LogP contribution in [0.1, 0.15) is 20.9 Å². The van der Waals surface area contributed by atoms with Crippen molar-refractivity contribution in [1.82, 2.24) is 4.98 Å². The summed E-state index contributed by atoms with van der Waals surface area (Å²) in [5.41, 5.74) is 2.90. The van der Waals surface area contributed by atoms with Gasteiger partial charge in [0, 0.05) is 23.1 Å². The first kappa shape index (κ1) is 14.5. The summed E-state index contributed by atoms with van der Waals surface area (Å²) in [6, 6.07) is 14.8. The Morgan fingerprint density at radius 2 is 1.96 bits per heavy atom. The van der Waals surface area contributed by atoms with Crippen molar-refractivity contribution < 1.29 is 9.59 Å². The average Bonchev–Trinajstić information content (AvgIpc) is 3.28. The molecule has 3 heterocycles. The summed E-state index contributed by atoms with van der Waals surface area (Å²) in [7, 11) is 0. The Balaban J connectivity index is 1.62. The molecule has 0 fully saturated rings. The van der Waals surface area contributed by atoms with E-state index in [2.05, 4.69) is 15.6 Å². The highest BCUT2D eigenvalue weighted by Gasteiger charge is 2.28. The summed E-state index contributed by atoms with van der Waals surface area (Å²) in [5, 5.41) is 6.37. The van der Waals surface area contributed by atoms with Gasteiger partial charge in [-0.2, -0.15) is 0 Å². The monoisotopic (exact) mass is 335 g/mol. The lowest BCUT2D eigenvalue weighted by Crippen LogP contribution is -2.10. The number of amides is 2. The lowest BCUT2D eigenvalue weighted by atomic mass is 10.1. The van der Waals surface area contributed by atoms with Gasteiger partial charge in [-0.3, -0.25) is 9.59 Å². The van der Waals surface area contributed by atoms with Gasteiger partial charge in [0.25, 0.3) is 11.8 Å². The average molecular weight is 335 g/mol. The van der Waals surface area contributed by atoms with Gasteiger partial charge in [0.05, 0.1) is 10.5 Å². The molecule has 0 radical (unpaired) electrons. The van der Waals surface area contributed by atoms with Crippen LogP contribution in [-0.2, 0) is 4.79 Å². The van der Waals surface area contributed by atoms with E-state index in [0.717, 1.165) is 16.9 Å². The fourth-order valence-electron chi connectivity index (χ4n) is 2.54. The van der Waals surface area contributed by atoms with Crippen molar-refractivity contribution in [3.8, 4) is 0 Å². The fraction of sp³-hybridized carbons (Fsp3) is 0. The molecule has 2 amide bonds. The van der Waals surface area contributed by atoms with Crippen LogP contribution in [0.3, 0.4) is 0 Å². The number of aromatic nitrogens is 1. The number of thiophene rings is 1. The minimum atomic E-state index is -0.186. The summed E-state index contributed by atoms with van der Waals surface area (Å²) >= 11 is 1.27. The van der Waals surface area contributed by atoms with E-state index >= 15 is 0 Å². The number of carbonyl (C=O) groups excluding carboxylic acids is 2. The number of anilines is 2. The molecule has 2 aromatic heterocycles. The molecule has 0 bridgehead atoms. The number of hydrogen-bond donors (Lipinski definition) is 3. The van der Waals surface area contributed by atoms with Crippen molar-refractivity contribution in [2.45, 2.75) is 0 Å². The van der Waals surface area contributed by atoms with E-state index in [4.69, 9.17) is 0 Å². The third-order valence-corrected chi connectivity index (χ3v) is 4.72. The summed E-state index contributed by atoms with van der Waals surface area (Å²) in [6.45, 7) is 0. The minimum Gasteiger partial charge on any atom is -0.362 e. The highest BCUT2D eigenvalue weighted by molar-refractivity contribution is 7.19. The normalized spacial score (nSPS) is 14.5. The largest absolute Gasteiger partial charge is 0.362 e. The maximum Gasteiger partial charge on any atom is 0.265 e. The number of fused-ring (bicyclic) bond motifs is 1. The van der Waals surface area contributed by atoms with Crippen LogP contribution in [0, 0.1) is 0 Å². The van der Waals surface area contributed by atoms with Gasteiger partial charge < -0.3 is 15.6 Å². The molecule has 6 heteroatoms. The molecule has 0 atom stereocenters. The van der Waals surface area contributed by atoms with Crippen molar-refractivity contribution in [3.63, 3.8) is 0 Å². The Hall–Kier alpha value is -3.12. The van der Waals surface area contributed by atoms with Crippen molar-refractivity contribution in [2.75, 3.05) is 10.6 Å². The molecule has 4 rings (SSSR count). The maximum absolute atomic E-state index is 12.4. The van der Waals surface area contributed by atoms with Gasteiger partial charge in [-0.1, -0.05) is 18.2 Å². The number of H-pyrrole nitrogens is 1. The van der Waals surface area contributed by atoms with Crippen molar-refractivity contribution in [3.05, 3.63) is 70.9 Å². The third kappa shape index (κ3) is 2.63. The van der Waals surface area contributed by atoms with E-state index in [9.17, 15) is 9.59 Å². The first-order chi connectivity index (χ1) is 11.7. The quantitative estimate of drug-likeness (QED) is 0.637. The van der Waals surface area contributed by atoms with Gasteiger partial charge in [-0.15, -0.1) is 11.3 Å². The topological polar surface area (TPSA) is 74.0 Å². The number of rotatable bonds is 3. The summed E-state index contributed by atoms with van der Waals surface area (Å²) in [4.78, 5) is 28.1. The van der Waals surface area contributed by atoms with E-state index in [1.54, 1.807) is 18.3 Å². The second-order valence-corrected chi connectivity index (χ2v) is 6.36. The molecule has 1 aromatic carbocycles. The van der Waals surface area contributed by atoms with E-state index in [1.165, 1.54) is 11.3 Å². The second kappa shape index (κ2) is 5.82. The molecular weight excluding hydrogens is 322 g/mol. The van der Waals surface area contributed by atoms with Crippen LogP contribution in [0.15, 0.2) is 54.7 Å². The molecular formula is C18H13N3O2S. The molecule has 0 aliphatic carbocycles. The predicted molar refractivity (Wildman–Crippen MR) is 96.0 cm³/mol. The highest BCUT2D eigenvalue weighted by atomic mass is 32.1. The van der Waals surface area contributed by atoms with Gasteiger partial charge in [-0.05, 0) is 36.4 Å². The molecule has 1 aliphatic rings. The molecule has 3 aromatic rings. The number of hydrogen-bond acceptors (Lipinski definition) is 3. The zero-order chi connectivity index (χ0) is 16.5. The van der Waals surface area contributed by atoms with E-state index < -0.39 is 0 Å². The van der Waals surface area contributed by atoms with Gasteiger partial charge in [0.2, 0.25) is 0 Å². The van der Waals surface area contributed by atoms with Crippen molar-refractivity contribution in [1.29, 1.82) is 0 Å². The summed E-state index contributed by atoms with van der Waals surface area (Å²) in [5.74, 6) is -0.338. The van der Waals surface area contributed by atoms with Gasteiger partial charge in [-0.25, -0.2) is 0 Å². The second-order valence-electron chi connectivity index (χ2n) is 5.31. The molecule has 0 saturated carbocycles. The number of nitrogens with one attached hydrogen (secondary N) is 3. The standard InChI is InChI=1S/C18H13N3O2S/c22-16-13(9-12-7-4-8-19-12)14-10-15(24-18(14)21-16)17(23)20-11-5-2-1-3-6-11/h1-10,19H,(H,20,23)(H,21,22)/b13-9+. The lowest BCUT2D eigenvalue weighted by molar-refractivity contribution is -0.110. The Bertz CT molecular complexity index is 940. The molecule has 118 valence electrons. The maximum atomic E-state index is 12.4. The minimum absolute atomic E-state index is 0.152. The number of carbonyl (C=O) groups is 2. The Morgan fingerprint density at radius 3 is 2.71 bits per heavy atom. The molecule has 24 heavy (non-hydrogen) atoms.